The zero-order valence-corrected chi connectivity index (χ0v) is 23.6. The second kappa shape index (κ2) is 12.7. The number of hydrogen-bond donors (Lipinski definition) is 1. The molecule has 1 unspecified atom stereocenters. The van der Waals surface area contributed by atoms with E-state index in [1.54, 1.807) is 43.8 Å². The molecule has 4 aromatic rings. The van der Waals surface area contributed by atoms with Gasteiger partial charge in [0.15, 0.2) is 17.8 Å². The van der Waals surface area contributed by atoms with E-state index >= 15 is 0 Å². The van der Waals surface area contributed by atoms with Crippen LogP contribution in [0.25, 0.3) is 0 Å². The molecular formula is C31H28N4O6S. The van der Waals surface area contributed by atoms with Crippen molar-refractivity contribution < 1.29 is 27.4 Å². The number of nitrogens with zero attached hydrogens (tertiary/aromatic N) is 3. The highest BCUT2D eigenvalue weighted by Crippen LogP contribution is 2.37. The monoisotopic (exact) mass is 584 g/mol. The first-order valence-electron chi connectivity index (χ1n) is 13.2. The van der Waals surface area contributed by atoms with Crippen LogP contribution in [0.3, 0.4) is 0 Å². The number of nitrogens with one attached hydrogen (secondary N) is 1. The van der Waals surface area contributed by atoms with Gasteiger partial charge < -0.3 is 19.1 Å². The van der Waals surface area contributed by atoms with Crippen molar-refractivity contribution in [3.05, 3.63) is 108 Å². The minimum atomic E-state index is -4.18. The van der Waals surface area contributed by atoms with Crippen LogP contribution >= 0.6 is 0 Å². The van der Waals surface area contributed by atoms with Gasteiger partial charge in [0.2, 0.25) is 0 Å². The molecule has 5 rings (SSSR count). The number of amides is 1. The molecule has 1 aliphatic rings. The predicted molar refractivity (Wildman–Crippen MR) is 155 cm³/mol. The number of anilines is 2. The SMILES string of the molecule is COc1ccc(N(Cc2cccnc2)c2ccc(C(=O)NS(=O)(=O)c3cccc(C#N)c3)cc2)cc1OC1CCCO1. The summed E-state index contributed by atoms with van der Waals surface area (Å²) in [5.41, 5.74) is 2.81. The Morgan fingerprint density at radius 1 is 1.07 bits per heavy atom. The Kier molecular flexibility index (Phi) is 8.66. The van der Waals surface area contributed by atoms with Gasteiger partial charge in [-0.1, -0.05) is 12.1 Å². The molecule has 1 saturated heterocycles. The highest BCUT2D eigenvalue weighted by molar-refractivity contribution is 7.90. The normalized spacial score (nSPS) is 14.5. The molecule has 0 saturated carbocycles. The summed E-state index contributed by atoms with van der Waals surface area (Å²) in [5.74, 6) is 0.322. The summed E-state index contributed by atoms with van der Waals surface area (Å²) in [5, 5.41) is 9.08. The topological polar surface area (TPSA) is 131 Å². The van der Waals surface area contributed by atoms with Crippen LogP contribution in [0.2, 0.25) is 0 Å². The Labute approximate surface area is 244 Å². The number of methoxy groups -OCH3 is 1. The molecule has 0 aliphatic carbocycles. The number of hydrogen-bond acceptors (Lipinski definition) is 9. The molecule has 10 nitrogen and oxygen atoms in total. The molecule has 1 fully saturated rings. The number of pyridine rings is 1. The Hall–Kier alpha value is -4.92. The predicted octanol–water partition coefficient (Wildman–Crippen LogP) is 4.93. The van der Waals surface area contributed by atoms with Gasteiger partial charge in [-0.3, -0.25) is 9.78 Å². The Bertz CT molecular complexity index is 1700. The van der Waals surface area contributed by atoms with Crippen molar-refractivity contribution in [2.75, 3.05) is 18.6 Å². The molecule has 2 heterocycles. The third-order valence-corrected chi connectivity index (χ3v) is 7.94. The molecule has 0 spiro atoms. The van der Waals surface area contributed by atoms with E-state index in [4.69, 9.17) is 19.5 Å². The first kappa shape index (κ1) is 28.6. The van der Waals surface area contributed by atoms with Gasteiger partial charge in [-0.15, -0.1) is 0 Å². The number of sulfonamides is 1. The lowest BCUT2D eigenvalue weighted by atomic mass is 10.1. The van der Waals surface area contributed by atoms with Crippen LogP contribution in [0.15, 0.2) is 96.2 Å². The highest BCUT2D eigenvalue weighted by atomic mass is 32.2. The maximum absolute atomic E-state index is 12.9. The minimum Gasteiger partial charge on any atom is -0.493 e. The molecule has 1 N–H and O–H groups in total. The van der Waals surface area contributed by atoms with Crippen LogP contribution < -0.4 is 19.1 Å². The highest BCUT2D eigenvalue weighted by Gasteiger charge is 2.22. The van der Waals surface area contributed by atoms with E-state index in [1.807, 2.05) is 41.3 Å². The van der Waals surface area contributed by atoms with Crippen LogP contribution in [-0.4, -0.2) is 39.3 Å². The first-order valence-corrected chi connectivity index (χ1v) is 14.6. The number of nitriles is 1. The van der Waals surface area contributed by atoms with E-state index in [0.29, 0.717) is 24.7 Å². The standard InChI is InChI=1S/C31H28N4O6S/c1-39-28-14-13-26(18-29(28)41-30-8-4-16-40-30)35(21-23-6-3-15-33-20-23)25-11-9-24(10-12-25)31(36)34-42(37,38)27-7-2-5-22(17-27)19-32/h2-3,5-7,9-15,17-18,20,30H,4,8,16,21H2,1H3,(H,34,36). The van der Waals surface area contributed by atoms with Crippen molar-refractivity contribution in [1.29, 1.82) is 5.26 Å². The van der Waals surface area contributed by atoms with Crippen molar-refractivity contribution in [2.45, 2.75) is 30.6 Å². The van der Waals surface area contributed by atoms with Gasteiger partial charge in [0.25, 0.3) is 15.9 Å². The summed E-state index contributed by atoms with van der Waals surface area (Å²) in [4.78, 5) is 19.0. The van der Waals surface area contributed by atoms with Gasteiger partial charge in [0.1, 0.15) is 0 Å². The van der Waals surface area contributed by atoms with Crippen molar-refractivity contribution in [3.63, 3.8) is 0 Å². The average molecular weight is 585 g/mol. The molecule has 3 aromatic carbocycles. The first-order chi connectivity index (χ1) is 20.4. The van der Waals surface area contributed by atoms with E-state index in [-0.39, 0.29) is 22.3 Å². The van der Waals surface area contributed by atoms with Crippen molar-refractivity contribution >= 4 is 27.3 Å². The smallest absolute Gasteiger partial charge is 0.264 e. The second-order valence-electron chi connectivity index (χ2n) is 9.46. The zero-order valence-electron chi connectivity index (χ0n) is 22.8. The fourth-order valence-electron chi connectivity index (χ4n) is 4.48. The van der Waals surface area contributed by atoms with E-state index in [9.17, 15) is 13.2 Å². The van der Waals surface area contributed by atoms with E-state index in [2.05, 4.69) is 9.71 Å². The Morgan fingerprint density at radius 2 is 1.88 bits per heavy atom. The lowest BCUT2D eigenvalue weighted by Gasteiger charge is -2.27. The average Bonchev–Trinajstić information content (AvgIpc) is 3.53. The molecule has 0 bridgehead atoms. The molecule has 1 aliphatic heterocycles. The largest absolute Gasteiger partial charge is 0.493 e. The minimum absolute atomic E-state index is 0.150. The van der Waals surface area contributed by atoms with Crippen LogP contribution in [0, 0.1) is 11.3 Å². The number of rotatable bonds is 10. The van der Waals surface area contributed by atoms with Gasteiger partial charge in [-0.2, -0.15) is 5.26 Å². The van der Waals surface area contributed by atoms with Gasteiger partial charge in [-0.05, 0) is 72.6 Å². The molecule has 214 valence electrons. The summed E-state index contributed by atoms with van der Waals surface area (Å²) in [7, 11) is -2.60. The fraction of sp³-hybridized carbons (Fsp3) is 0.194. The van der Waals surface area contributed by atoms with Crippen LogP contribution in [0.1, 0.15) is 34.3 Å². The third-order valence-electron chi connectivity index (χ3n) is 6.61. The molecule has 1 aromatic heterocycles. The second-order valence-corrected chi connectivity index (χ2v) is 11.1. The van der Waals surface area contributed by atoms with Crippen LogP contribution in [0.4, 0.5) is 11.4 Å². The molecule has 1 atom stereocenters. The van der Waals surface area contributed by atoms with Crippen molar-refractivity contribution in [3.8, 4) is 17.6 Å². The van der Waals surface area contributed by atoms with Gasteiger partial charge in [0.05, 0.1) is 30.2 Å². The van der Waals surface area contributed by atoms with Gasteiger partial charge in [-0.25, -0.2) is 13.1 Å². The van der Waals surface area contributed by atoms with E-state index in [1.165, 1.54) is 24.3 Å². The Balaban J connectivity index is 1.42. The maximum Gasteiger partial charge on any atom is 0.264 e. The van der Waals surface area contributed by atoms with Crippen LogP contribution in [-0.2, 0) is 21.3 Å². The fourth-order valence-corrected chi connectivity index (χ4v) is 5.50. The van der Waals surface area contributed by atoms with Crippen LogP contribution in [0.5, 0.6) is 11.5 Å². The number of benzene rings is 3. The van der Waals surface area contributed by atoms with Crippen molar-refractivity contribution in [2.24, 2.45) is 0 Å². The van der Waals surface area contributed by atoms with E-state index in [0.717, 1.165) is 29.8 Å². The summed E-state index contributed by atoms with van der Waals surface area (Å²) >= 11 is 0. The van der Waals surface area contributed by atoms with E-state index < -0.39 is 15.9 Å². The molecular weight excluding hydrogens is 556 g/mol. The van der Waals surface area contributed by atoms with Gasteiger partial charge >= 0.3 is 0 Å². The lowest BCUT2D eigenvalue weighted by molar-refractivity contribution is -0.0402. The van der Waals surface area contributed by atoms with Gasteiger partial charge in [0, 0.05) is 48.4 Å². The number of carbonyl (C=O) groups is 1. The molecule has 0 radical (unpaired) electrons. The lowest BCUT2D eigenvalue weighted by Crippen LogP contribution is -2.30. The molecule has 11 heteroatoms. The molecule has 42 heavy (non-hydrogen) atoms. The summed E-state index contributed by atoms with van der Waals surface area (Å²) in [6.45, 7) is 1.10. The summed E-state index contributed by atoms with van der Waals surface area (Å²) in [6.07, 6.45) is 4.84. The quantitative estimate of drug-likeness (QED) is 0.276. The number of ether oxygens (including phenoxy) is 3. The van der Waals surface area contributed by atoms with Crippen molar-refractivity contribution in [1.82, 2.24) is 9.71 Å². The zero-order chi connectivity index (χ0) is 29.5. The number of aromatic nitrogens is 1. The summed E-state index contributed by atoms with van der Waals surface area (Å²) < 4.78 is 44.9. The molecule has 1 amide bonds. The third kappa shape index (κ3) is 6.68. The maximum atomic E-state index is 12.9. The summed E-state index contributed by atoms with van der Waals surface area (Å²) in [6, 6.07) is 23.3. The Morgan fingerprint density at radius 3 is 2.57 bits per heavy atom. The number of carbonyl (C=O) groups excluding carboxylic acids is 1.